The zero-order valence-electron chi connectivity index (χ0n) is 16.4. The Kier molecular flexibility index (Phi) is 5.97. The fourth-order valence-corrected chi connectivity index (χ4v) is 3.65. The molecule has 152 valence electrons. The van der Waals surface area contributed by atoms with Gasteiger partial charge in [-0.2, -0.15) is 4.98 Å². The SMILES string of the molecule is CCN1CCO[C@@H](CNC(=O)NCc2nc3ncccn3n2)[C@@H]1c1ccccc1. The highest BCUT2D eigenvalue weighted by molar-refractivity contribution is 5.73. The highest BCUT2D eigenvalue weighted by Gasteiger charge is 2.32. The average molecular weight is 395 g/mol. The third-order valence-corrected chi connectivity index (χ3v) is 5.03. The number of nitrogens with zero attached hydrogens (tertiary/aromatic N) is 5. The molecule has 29 heavy (non-hydrogen) atoms. The summed E-state index contributed by atoms with van der Waals surface area (Å²) < 4.78 is 7.59. The number of rotatable bonds is 6. The number of nitrogens with one attached hydrogen (secondary N) is 2. The molecular formula is C20H25N7O2. The van der Waals surface area contributed by atoms with Crippen LogP contribution in [-0.2, 0) is 11.3 Å². The molecule has 0 unspecified atom stereocenters. The maximum atomic E-state index is 12.3. The number of amides is 2. The topological polar surface area (TPSA) is 96.7 Å². The molecule has 4 rings (SSSR count). The molecule has 1 aromatic carbocycles. The summed E-state index contributed by atoms with van der Waals surface area (Å²) in [6.07, 6.45) is 3.30. The number of carbonyl (C=O) groups excluding carboxylic acids is 1. The molecule has 2 N–H and O–H groups in total. The summed E-state index contributed by atoms with van der Waals surface area (Å²) in [7, 11) is 0. The Bertz CT molecular complexity index is 913. The summed E-state index contributed by atoms with van der Waals surface area (Å²) in [5.41, 5.74) is 1.20. The molecule has 1 aliphatic heterocycles. The first-order valence-corrected chi connectivity index (χ1v) is 9.83. The molecule has 0 aliphatic carbocycles. The molecule has 1 aliphatic rings. The summed E-state index contributed by atoms with van der Waals surface area (Å²) in [6, 6.07) is 11.9. The molecule has 3 aromatic rings. The largest absolute Gasteiger partial charge is 0.373 e. The first kappa shape index (κ1) is 19.3. The predicted molar refractivity (Wildman–Crippen MR) is 107 cm³/mol. The van der Waals surface area contributed by atoms with Crippen molar-refractivity contribution in [2.45, 2.75) is 25.6 Å². The zero-order chi connectivity index (χ0) is 20.1. The molecule has 0 radical (unpaired) electrons. The maximum absolute atomic E-state index is 12.3. The van der Waals surface area contributed by atoms with Gasteiger partial charge in [0.2, 0.25) is 0 Å². The van der Waals surface area contributed by atoms with Crippen LogP contribution in [0.1, 0.15) is 24.4 Å². The summed E-state index contributed by atoms with van der Waals surface area (Å²) in [5, 5.41) is 9.99. The number of fused-ring (bicyclic) bond motifs is 1. The molecule has 9 nitrogen and oxygen atoms in total. The number of hydrogen-bond donors (Lipinski definition) is 2. The Morgan fingerprint density at radius 2 is 2.10 bits per heavy atom. The van der Waals surface area contributed by atoms with Crippen LogP contribution < -0.4 is 10.6 Å². The van der Waals surface area contributed by atoms with Gasteiger partial charge in [-0.05, 0) is 18.2 Å². The van der Waals surface area contributed by atoms with Crippen molar-refractivity contribution in [3.63, 3.8) is 0 Å². The number of ether oxygens (including phenoxy) is 1. The van der Waals surface area contributed by atoms with Gasteiger partial charge in [-0.1, -0.05) is 37.3 Å². The maximum Gasteiger partial charge on any atom is 0.315 e. The molecule has 0 bridgehead atoms. The van der Waals surface area contributed by atoms with E-state index in [1.165, 1.54) is 5.56 Å². The van der Waals surface area contributed by atoms with Crippen molar-refractivity contribution in [3.8, 4) is 0 Å². The Labute approximate surface area is 169 Å². The normalized spacial score (nSPS) is 19.9. The minimum absolute atomic E-state index is 0.112. The molecule has 9 heteroatoms. The minimum atomic E-state index is -0.277. The standard InChI is InChI=1S/C20H25N7O2/c1-2-26-11-12-29-16(18(26)15-7-4-3-5-8-15)13-22-20(28)23-14-17-24-19-21-9-6-10-27(19)25-17/h3-10,16,18H,2,11-14H2,1H3,(H2,22,23,28)/t16-,18-/m0/s1. The number of morpholine rings is 1. The van der Waals surface area contributed by atoms with E-state index in [2.05, 4.69) is 49.7 Å². The van der Waals surface area contributed by atoms with Crippen molar-refractivity contribution < 1.29 is 9.53 Å². The van der Waals surface area contributed by atoms with E-state index in [1.807, 2.05) is 18.2 Å². The lowest BCUT2D eigenvalue weighted by Gasteiger charge is -2.41. The quantitative estimate of drug-likeness (QED) is 0.655. The highest BCUT2D eigenvalue weighted by Crippen LogP contribution is 2.28. The highest BCUT2D eigenvalue weighted by atomic mass is 16.5. The van der Waals surface area contributed by atoms with Crippen molar-refractivity contribution in [2.75, 3.05) is 26.2 Å². The smallest absolute Gasteiger partial charge is 0.315 e. The van der Waals surface area contributed by atoms with Gasteiger partial charge < -0.3 is 15.4 Å². The molecular weight excluding hydrogens is 370 g/mol. The summed E-state index contributed by atoms with van der Waals surface area (Å²) in [5.74, 6) is 1.01. The van der Waals surface area contributed by atoms with Gasteiger partial charge in [0, 0.05) is 25.5 Å². The van der Waals surface area contributed by atoms with E-state index in [1.54, 1.807) is 23.0 Å². The van der Waals surface area contributed by atoms with Crippen LogP contribution in [0.25, 0.3) is 5.78 Å². The van der Waals surface area contributed by atoms with Crippen molar-refractivity contribution in [1.29, 1.82) is 0 Å². The molecule has 0 spiro atoms. The predicted octanol–water partition coefficient (Wildman–Crippen LogP) is 1.39. The molecule has 0 saturated carbocycles. The van der Waals surface area contributed by atoms with Gasteiger partial charge in [0.25, 0.3) is 5.78 Å². The van der Waals surface area contributed by atoms with Crippen LogP contribution in [0, 0.1) is 0 Å². The second-order valence-electron chi connectivity index (χ2n) is 6.85. The third kappa shape index (κ3) is 4.52. The van der Waals surface area contributed by atoms with Crippen LogP contribution >= 0.6 is 0 Å². The number of hydrogen-bond acceptors (Lipinski definition) is 6. The van der Waals surface area contributed by atoms with Crippen LogP contribution in [0.15, 0.2) is 48.8 Å². The van der Waals surface area contributed by atoms with Gasteiger partial charge >= 0.3 is 6.03 Å². The number of carbonyl (C=O) groups is 1. The van der Waals surface area contributed by atoms with Gasteiger partial charge in [0.15, 0.2) is 5.82 Å². The van der Waals surface area contributed by atoms with Crippen molar-refractivity contribution in [3.05, 3.63) is 60.2 Å². The fraction of sp³-hybridized carbons (Fsp3) is 0.400. The Morgan fingerprint density at radius 1 is 1.24 bits per heavy atom. The number of benzene rings is 1. The van der Waals surface area contributed by atoms with E-state index in [0.717, 1.165) is 13.1 Å². The Morgan fingerprint density at radius 3 is 2.90 bits per heavy atom. The van der Waals surface area contributed by atoms with Gasteiger partial charge in [-0.15, -0.1) is 5.10 Å². The summed E-state index contributed by atoms with van der Waals surface area (Å²) in [4.78, 5) is 23.1. The van der Waals surface area contributed by atoms with E-state index >= 15 is 0 Å². The number of urea groups is 1. The van der Waals surface area contributed by atoms with E-state index in [-0.39, 0.29) is 24.7 Å². The lowest BCUT2D eigenvalue weighted by Crippen LogP contribution is -2.50. The second-order valence-corrected chi connectivity index (χ2v) is 6.85. The molecule has 2 amide bonds. The lowest BCUT2D eigenvalue weighted by molar-refractivity contribution is -0.0681. The molecule has 3 heterocycles. The Hall–Kier alpha value is -3.04. The third-order valence-electron chi connectivity index (χ3n) is 5.03. The molecule has 1 fully saturated rings. The van der Waals surface area contributed by atoms with Crippen molar-refractivity contribution in [1.82, 2.24) is 35.1 Å². The molecule has 2 atom stereocenters. The first-order valence-electron chi connectivity index (χ1n) is 9.83. The van der Waals surface area contributed by atoms with Gasteiger partial charge in [-0.25, -0.2) is 14.3 Å². The summed E-state index contributed by atoms with van der Waals surface area (Å²) in [6.45, 7) is 5.26. The summed E-state index contributed by atoms with van der Waals surface area (Å²) >= 11 is 0. The Balaban J connectivity index is 1.34. The van der Waals surface area contributed by atoms with E-state index in [9.17, 15) is 4.79 Å². The van der Waals surface area contributed by atoms with Crippen LogP contribution in [0.4, 0.5) is 4.79 Å². The average Bonchev–Trinajstić information content (AvgIpc) is 3.19. The van der Waals surface area contributed by atoms with Crippen molar-refractivity contribution >= 4 is 11.8 Å². The molecule has 2 aromatic heterocycles. The number of aromatic nitrogens is 4. The first-order chi connectivity index (χ1) is 14.2. The van der Waals surface area contributed by atoms with Crippen LogP contribution in [0.3, 0.4) is 0 Å². The zero-order valence-corrected chi connectivity index (χ0v) is 16.4. The van der Waals surface area contributed by atoms with Crippen LogP contribution in [-0.4, -0.2) is 62.9 Å². The van der Waals surface area contributed by atoms with Gasteiger partial charge in [-0.3, -0.25) is 4.90 Å². The molecule has 1 saturated heterocycles. The monoisotopic (exact) mass is 395 g/mol. The van der Waals surface area contributed by atoms with Gasteiger partial charge in [0.05, 0.1) is 25.3 Å². The van der Waals surface area contributed by atoms with E-state index < -0.39 is 0 Å². The van der Waals surface area contributed by atoms with Gasteiger partial charge in [0.1, 0.15) is 0 Å². The van der Waals surface area contributed by atoms with Crippen LogP contribution in [0.5, 0.6) is 0 Å². The fourth-order valence-electron chi connectivity index (χ4n) is 3.65. The lowest BCUT2D eigenvalue weighted by atomic mass is 9.98. The number of likely N-dealkylation sites (N-methyl/N-ethyl adjacent to an activating group) is 1. The van der Waals surface area contributed by atoms with E-state index in [4.69, 9.17) is 4.74 Å². The van der Waals surface area contributed by atoms with Crippen LogP contribution in [0.2, 0.25) is 0 Å². The minimum Gasteiger partial charge on any atom is -0.373 e. The van der Waals surface area contributed by atoms with E-state index in [0.29, 0.717) is 24.8 Å². The second kappa shape index (κ2) is 8.97. The van der Waals surface area contributed by atoms with Crippen molar-refractivity contribution in [2.24, 2.45) is 0 Å².